The maximum Gasteiger partial charge on any atom is 0.265 e. The van der Waals surface area contributed by atoms with Crippen molar-refractivity contribution < 1.29 is 13.0 Å². The Labute approximate surface area is 94.6 Å². The van der Waals surface area contributed by atoms with Crippen LogP contribution in [0.15, 0.2) is 29.2 Å². The molecule has 1 rings (SSSR count). The molecule has 0 fully saturated rings. The van der Waals surface area contributed by atoms with Gasteiger partial charge in [0.25, 0.3) is 10.1 Å². The fourth-order valence-electron chi connectivity index (χ4n) is 1.17. The van der Waals surface area contributed by atoms with Gasteiger partial charge in [-0.1, -0.05) is 19.1 Å². The minimum Gasteiger partial charge on any atom is -0.286 e. The second kappa shape index (κ2) is 5.53. The first-order valence-corrected chi connectivity index (χ1v) is 7.27. The predicted molar refractivity (Wildman–Crippen MR) is 63.0 cm³/mol. The molecule has 0 aliphatic rings. The van der Waals surface area contributed by atoms with Crippen molar-refractivity contribution in [2.75, 3.05) is 11.5 Å². The Balaban J connectivity index is 2.57. The summed E-state index contributed by atoms with van der Waals surface area (Å²) in [6.45, 7) is 2.08. The summed E-state index contributed by atoms with van der Waals surface area (Å²) in [5.74, 6) is 0.803. The molecule has 0 aliphatic heterocycles. The van der Waals surface area contributed by atoms with Crippen molar-refractivity contribution in [1.82, 2.24) is 0 Å². The third-order valence-corrected chi connectivity index (χ3v) is 3.50. The van der Waals surface area contributed by atoms with Crippen LogP contribution >= 0.6 is 11.8 Å². The molecule has 0 bridgehead atoms. The minimum atomic E-state index is -3.85. The Kier molecular flexibility index (Phi) is 4.63. The lowest BCUT2D eigenvalue weighted by Crippen LogP contribution is -2.06. The smallest absolute Gasteiger partial charge is 0.265 e. The normalized spacial score (nSPS) is 11.6. The van der Waals surface area contributed by atoms with Crippen LogP contribution in [-0.4, -0.2) is 24.5 Å². The molecular weight excluding hydrogens is 232 g/mol. The SMILES string of the molecule is CCSc1ccc(CCS(=O)(=O)O)cc1. The van der Waals surface area contributed by atoms with E-state index in [1.54, 1.807) is 11.8 Å². The van der Waals surface area contributed by atoms with Crippen LogP contribution in [0, 0.1) is 0 Å². The maximum absolute atomic E-state index is 10.5. The van der Waals surface area contributed by atoms with E-state index in [2.05, 4.69) is 6.92 Å². The molecule has 0 heterocycles. The molecular formula is C10H14O3S2. The molecule has 0 spiro atoms. The highest BCUT2D eigenvalue weighted by atomic mass is 32.2. The summed E-state index contributed by atoms with van der Waals surface area (Å²) >= 11 is 1.74. The standard InChI is InChI=1S/C10H14O3S2/c1-2-14-10-5-3-9(4-6-10)7-8-15(11,12)13/h3-6H,2,7-8H2,1H3,(H,11,12,13). The fourth-order valence-corrected chi connectivity index (χ4v) is 2.32. The van der Waals surface area contributed by atoms with Gasteiger partial charge in [0.15, 0.2) is 0 Å². The van der Waals surface area contributed by atoms with E-state index in [0.29, 0.717) is 6.42 Å². The molecule has 1 aromatic rings. The molecule has 0 atom stereocenters. The van der Waals surface area contributed by atoms with Crippen molar-refractivity contribution in [3.05, 3.63) is 29.8 Å². The third-order valence-electron chi connectivity index (χ3n) is 1.88. The number of aryl methyl sites for hydroxylation is 1. The van der Waals surface area contributed by atoms with Crippen LogP contribution in [0.5, 0.6) is 0 Å². The Hall–Kier alpha value is -0.520. The van der Waals surface area contributed by atoms with Crippen LogP contribution in [0.1, 0.15) is 12.5 Å². The van der Waals surface area contributed by atoms with E-state index in [0.717, 1.165) is 11.3 Å². The summed E-state index contributed by atoms with van der Waals surface area (Å²) < 4.78 is 29.6. The predicted octanol–water partition coefficient (Wildman–Crippen LogP) is 2.23. The molecule has 0 aliphatic carbocycles. The highest BCUT2D eigenvalue weighted by Gasteiger charge is 2.04. The maximum atomic E-state index is 10.5. The quantitative estimate of drug-likeness (QED) is 0.639. The number of thioether (sulfide) groups is 1. The molecule has 1 N–H and O–H groups in total. The van der Waals surface area contributed by atoms with E-state index >= 15 is 0 Å². The molecule has 0 saturated carbocycles. The summed E-state index contributed by atoms with van der Waals surface area (Å²) in [4.78, 5) is 1.17. The van der Waals surface area contributed by atoms with Crippen LogP contribution in [0.4, 0.5) is 0 Å². The lowest BCUT2D eigenvalue weighted by Gasteiger charge is -2.01. The largest absolute Gasteiger partial charge is 0.286 e. The summed E-state index contributed by atoms with van der Waals surface area (Å²) in [5, 5.41) is 0. The molecule has 1 aromatic carbocycles. The lowest BCUT2D eigenvalue weighted by molar-refractivity contribution is 0.482. The monoisotopic (exact) mass is 246 g/mol. The highest BCUT2D eigenvalue weighted by Crippen LogP contribution is 2.17. The topological polar surface area (TPSA) is 54.4 Å². The van der Waals surface area contributed by atoms with E-state index in [1.807, 2.05) is 24.3 Å². The highest BCUT2D eigenvalue weighted by molar-refractivity contribution is 7.99. The molecule has 15 heavy (non-hydrogen) atoms. The summed E-state index contributed by atoms with van der Waals surface area (Å²) in [6.07, 6.45) is 0.357. The second-order valence-electron chi connectivity index (χ2n) is 3.11. The van der Waals surface area contributed by atoms with Crippen molar-refractivity contribution in [2.24, 2.45) is 0 Å². The molecule has 0 amide bonds. The van der Waals surface area contributed by atoms with Crippen LogP contribution in [0.25, 0.3) is 0 Å². The fraction of sp³-hybridized carbons (Fsp3) is 0.400. The molecule has 0 unspecified atom stereocenters. The van der Waals surface area contributed by atoms with Crippen LogP contribution in [0.2, 0.25) is 0 Å². The molecule has 3 nitrogen and oxygen atoms in total. The van der Waals surface area contributed by atoms with Crippen molar-refractivity contribution >= 4 is 21.9 Å². The van der Waals surface area contributed by atoms with Gasteiger partial charge in [0, 0.05) is 4.90 Å². The van der Waals surface area contributed by atoms with Gasteiger partial charge >= 0.3 is 0 Å². The Morgan fingerprint density at radius 1 is 1.27 bits per heavy atom. The van der Waals surface area contributed by atoms with Gasteiger partial charge in [0.05, 0.1) is 5.75 Å². The minimum absolute atomic E-state index is 0.215. The van der Waals surface area contributed by atoms with Crippen molar-refractivity contribution in [1.29, 1.82) is 0 Å². The van der Waals surface area contributed by atoms with Gasteiger partial charge < -0.3 is 0 Å². The molecule has 0 radical (unpaired) electrons. The van der Waals surface area contributed by atoms with Gasteiger partial charge in [-0.2, -0.15) is 8.42 Å². The van der Waals surface area contributed by atoms with Gasteiger partial charge in [0.2, 0.25) is 0 Å². The number of benzene rings is 1. The van der Waals surface area contributed by atoms with Gasteiger partial charge in [0.1, 0.15) is 0 Å². The Bertz CT molecular complexity index is 395. The molecule has 0 aromatic heterocycles. The molecule has 0 saturated heterocycles. The van der Waals surface area contributed by atoms with Gasteiger partial charge in [-0.05, 0) is 29.9 Å². The van der Waals surface area contributed by atoms with Crippen LogP contribution < -0.4 is 0 Å². The van der Waals surface area contributed by atoms with E-state index in [4.69, 9.17) is 4.55 Å². The summed E-state index contributed by atoms with van der Waals surface area (Å²) in [6, 6.07) is 7.72. The Morgan fingerprint density at radius 3 is 2.33 bits per heavy atom. The molecule has 84 valence electrons. The van der Waals surface area contributed by atoms with Crippen molar-refractivity contribution in [2.45, 2.75) is 18.2 Å². The third kappa shape index (κ3) is 5.20. The zero-order valence-electron chi connectivity index (χ0n) is 8.51. The number of hydrogen-bond acceptors (Lipinski definition) is 3. The van der Waals surface area contributed by atoms with Crippen molar-refractivity contribution in [3.63, 3.8) is 0 Å². The van der Waals surface area contributed by atoms with Gasteiger partial charge in [-0.3, -0.25) is 4.55 Å². The first kappa shape index (κ1) is 12.5. The average Bonchev–Trinajstić information content (AvgIpc) is 2.16. The van der Waals surface area contributed by atoms with E-state index < -0.39 is 10.1 Å². The number of hydrogen-bond donors (Lipinski definition) is 1. The van der Waals surface area contributed by atoms with E-state index in [-0.39, 0.29) is 5.75 Å². The van der Waals surface area contributed by atoms with Gasteiger partial charge in [-0.15, -0.1) is 11.8 Å². The zero-order valence-corrected chi connectivity index (χ0v) is 10.1. The lowest BCUT2D eigenvalue weighted by atomic mass is 10.2. The number of rotatable bonds is 5. The first-order valence-electron chi connectivity index (χ1n) is 4.68. The zero-order chi connectivity index (χ0) is 11.3. The van der Waals surface area contributed by atoms with Crippen LogP contribution in [0.3, 0.4) is 0 Å². The van der Waals surface area contributed by atoms with E-state index in [9.17, 15) is 8.42 Å². The average molecular weight is 246 g/mol. The van der Waals surface area contributed by atoms with Gasteiger partial charge in [-0.25, -0.2) is 0 Å². The van der Waals surface area contributed by atoms with Crippen molar-refractivity contribution in [3.8, 4) is 0 Å². The molecule has 5 heteroatoms. The summed E-state index contributed by atoms with van der Waals surface area (Å²) in [5.41, 5.74) is 0.924. The van der Waals surface area contributed by atoms with Crippen LogP contribution in [-0.2, 0) is 16.5 Å². The second-order valence-corrected chi connectivity index (χ2v) is 6.02. The van der Waals surface area contributed by atoms with E-state index in [1.165, 1.54) is 4.90 Å². The first-order chi connectivity index (χ1) is 7.01. The summed E-state index contributed by atoms with van der Waals surface area (Å²) in [7, 11) is -3.85. The Morgan fingerprint density at radius 2 is 1.87 bits per heavy atom.